The van der Waals surface area contributed by atoms with Crippen LogP contribution >= 0.6 is 0 Å². The number of anilines is 1. The first kappa shape index (κ1) is 16.4. The summed E-state index contributed by atoms with van der Waals surface area (Å²) in [5.41, 5.74) is -0.00188. The Morgan fingerprint density at radius 1 is 1.45 bits per heavy atom. The van der Waals surface area contributed by atoms with Gasteiger partial charge in [0.2, 0.25) is 0 Å². The number of rotatable bonds is 7. The number of benzene rings is 1. The zero-order chi connectivity index (χ0) is 15.3. The highest BCUT2D eigenvalue weighted by molar-refractivity contribution is 7.90. The summed E-state index contributed by atoms with van der Waals surface area (Å²) in [6.45, 7) is 2.13. The highest BCUT2D eigenvalue weighted by Crippen LogP contribution is 2.27. The molecule has 1 aromatic rings. The maximum Gasteiger partial charge on any atom is 0.293 e. The van der Waals surface area contributed by atoms with E-state index in [1.54, 1.807) is 6.92 Å². The predicted molar refractivity (Wildman–Crippen MR) is 75.6 cm³/mol. The van der Waals surface area contributed by atoms with Crippen molar-refractivity contribution < 1.29 is 18.4 Å². The number of hydrogen-bond acceptors (Lipinski definition) is 6. The third kappa shape index (κ3) is 4.78. The van der Waals surface area contributed by atoms with Gasteiger partial charge in [-0.2, -0.15) is 0 Å². The van der Waals surface area contributed by atoms with Gasteiger partial charge in [-0.25, -0.2) is 8.42 Å². The molecule has 7 nitrogen and oxygen atoms in total. The molecule has 0 saturated carbocycles. The SMILES string of the molecule is CC(O)CCCNc1ccc(S(C)(=O)=O)cc1[N+](=O)[O-]. The van der Waals surface area contributed by atoms with Crippen molar-refractivity contribution in [3.63, 3.8) is 0 Å². The fourth-order valence-electron chi connectivity index (χ4n) is 1.66. The molecule has 0 fully saturated rings. The van der Waals surface area contributed by atoms with Crippen LogP contribution in [0.1, 0.15) is 19.8 Å². The van der Waals surface area contributed by atoms with Crippen LogP contribution in [0.15, 0.2) is 23.1 Å². The van der Waals surface area contributed by atoms with E-state index in [1.165, 1.54) is 12.1 Å². The number of nitrogens with zero attached hydrogens (tertiary/aromatic N) is 1. The van der Waals surface area contributed by atoms with Crippen LogP contribution in [-0.2, 0) is 9.84 Å². The molecule has 8 heteroatoms. The molecule has 1 atom stereocenters. The first-order valence-electron chi connectivity index (χ1n) is 6.12. The van der Waals surface area contributed by atoms with Gasteiger partial charge in [-0.05, 0) is 31.9 Å². The van der Waals surface area contributed by atoms with Crippen LogP contribution in [0.5, 0.6) is 0 Å². The Morgan fingerprint density at radius 2 is 2.10 bits per heavy atom. The van der Waals surface area contributed by atoms with Gasteiger partial charge in [0.05, 0.1) is 15.9 Å². The van der Waals surface area contributed by atoms with Crippen molar-refractivity contribution in [2.24, 2.45) is 0 Å². The number of nitro groups is 1. The van der Waals surface area contributed by atoms with Gasteiger partial charge in [-0.1, -0.05) is 0 Å². The van der Waals surface area contributed by atoms with Crippen molar-refractivity contribution in [1.82, 2.24) is 0 Å². The number of nitrogens with one attached hydrogen (secondary N) is 1. The lowest BCUT2D eigenvalue weighted by atomic mass is 10.2. The topological polar surface area (TPSA) is 110 Å². The average molecular weight is 302 g/mol. The molecule has 2 N–H and O–H groups in total. The van der Waals surface area contributed by atoms with Gasteiger partial charge >= 0.3 is 0 Å². The molecule has 0 saturated heterocycles. The van der Waals surface area contributed by atoms with Gasteiger partial charge in [0.15, 0.2) is 9.84 Å². The molecule has 0 amide bonds. The molecule has 1 aromatic carbocycles. The fraction of sp³-hybridized carbons (Fsp3) is 0.500. The third-order valence-corrected chi connectivity index (χ3v) is 3.82. The fourth-order valence-corrected chi connectivity index (χ4v) is 2.30. The molecule has 112 valence electrons. The quantitative estimate of drug-likeness (QED) is 0.449. The van der Waals surface area contributed by atoms with E-state index in [2.05, 4.69) is 5.32 Å². The molecule has 1 unspecified atom stereocenters. The van der Waals surface area contributed by atoms with Crippen LogP contribution < -0.4 is 5.32 Å². The van der Waals surface area contributed by atoms with Crippen molar-refractivity contribution in [1.29, 1.82) is 0 Å². The molecule has 0 aromatic heterocycles. The lowest BCUT2D eigenvalue weighted by Crippen LogP contribution is -2.08. The van der Waals surface area contributed by atoms with E-state index in [9.17, 15) is 18.5 Å². The van der Waals surface area contributed by atoms with Gasteiger partial charge in [0, 0.05) is 18.9 Å². The van der Waals surface area contributed by atoms with Gasteiger partial charge < -0.3 is 10.4 Å². The summed E-state index contributed by atoms with van der Waals surface area (Å²) in [6.07, 6.45) is 1.83. The molecule has 0 aliphatic rings. The Kier molecular flexibility index (Phi) is 5.46. The van der Waals surface area contributed by atoms with E-state index < -0.39 is 20.9 Å². The summed E-state index contributed by atoms with van der Waals surface area (Å²) in [5.74, 6) is 0. The molecule has 0 heterocycles. The molecule has 20 heavy (non-hydrogen) atoms. The molecule has 1 rings (SSSR count). The molecule has 0 aliphatic heterocycles. The summed E-state index contributed by atoms with van der Waals surface area (Å²) in [7, 11) is -3.48. The minimum Gasteiger partial charge on any atom is -0.393 e. The monoisotopic (exact) mass is 302 g/mol. The van der Waals surface area contributed by atoms with Gasteiger partial charge in [0.25, 0.3) is 5.69 Å². The zero-order valence-corrected chi connectivity index (χ0v) is 12.2. The van der Waals surface area contributed by atoms with Crippen LogP contribution in [0, 0.1) is 10.1 Å². The van der Waals surface area contributed by atoms with Crippen LogP contribution in [0.2, 0.25) is 0 Å². The van der Waals surface area contributed by atoms with Gasteiger partial charge in [0.1, 0.15) is 5.69 Å². The Bertz CT molecular complexity index is 584. The van der Waals surface area contributed by atoms with E-state index >= 15 is 0 Å². The van der Waals surface area contributed by atoms with Crippen LogP contribution in [0.3, 0.4) is 0 Å². The lowest BCUT2D eigenvalue weighted by molar-refractivity contribution is -0.384. The van der Waals surface area contributed by atoms with Crippen molar-refractivity contribution in [3.05, 3.63) is 28.3 Å². The van der Waals surface area contributed by atoms with Crippen LogP contribution in [0.4, 0.5) is 11.4 Å². The molecule has 0 spiro atoms. The molecule has 0 aliphatic carbocycles. The minimum atomic E-state index is -3.48. The average Bonchev–Trinajstić information content (AvgIpc) is 2.33. The summed E-state index contributed by atoms with van der Waals surface area (Å²) in [6, 6.07) is 3.77. The summed E-state index contributed by atoms with van der Waals surface area (Å²) in [5, 5.41) is 23.0. The lowest BCUT2D eigenvalue weighted by Gasteiger charge is -2.09. The number of sulfone groups is 1. The van der Waals surface area contributed by atoms with E-state index in [0.717, 1.165) is 12.3 Å². The second-order valence-corrected chi connectivity index (χ2v) is 6.64. The molecule has 0 bridgehead atoms. The van der Waals surface area contributed by atoms with Gasteiger partial charge in [-0.3, -0.25) is 10.1 Å². The Morgan fingerprint density at radius 3 is 2.60 bits per heavy atom. The van der Waals surface area contributed by atoms with Gasteiger partial charge in [-0.15, -0.1) is 0 Å². The summed E-state index contributed by atoms with van der Waals surface area (Å²) in [4.78, 5) is 10.3. The second-order valence-electron chi connectivity index (χ2n) is 4.63. The maximum absolute atomic E-state index is 11.4. The van der Waals surface area contributed by atoms with Crippen molar-refractivity contribution >= 4 is 21.2 Å². The first-order valence-corrected chi connectivity index (χ1v) is 8.01. The first-order chi connectivity index (χ1) is 9.21. The smallest absolute Gasteiger partial charge is 0.293 e. The summed E-state index contributed by atoms with van der Waals surface area (Å²) >= 11 is 0. The van der Waals surface area contributed by atoms with E-state index in [1.807, 2.05) is 0 Å². The van der Waals surface area contributed by atoms with E-state index in [4.69, 9.17) is 5.11 Å². The Labute approximate surface area is 117 Å². The molecular weight excluding hydrogens is 284 g/mol. The highest BCUT2D eigenvalue weighted by Gasteiger charge is 2.18. The van der Waals surface area contributed by atoms with Crippen molar-refractivity contribution in [3.8, 4) is 0 Å². The molecule has 0 radical (unpaired) electrons. The van der Waals surface area contributed by atoms with Crippen LogP contribution in [-0.4, -0.2) is 37.4 Å². The zero-order valence-electron chi connectivity index (χ0n) is 11.4. The van der Waals surface area contributed by atoms with Crippen LogP contribution in [0.25, 0.3) is 0 Å². The Balaban J connectivity index is 2.89. The Hall–Kier alpha value is -1.67. The number of hydrogen-bond donors (Lipinski definition) is 2. The largest absolute Gasteiger partial charge is 0.393 e. The number of aliphatic hydroxyl groups is 1. The normalized spacial score (nSPS) is 12.9. The van der Waals surface area contributed by atoms with Crippen molar-refractivity contribution in [2.45, 2.75) is 30.8 Å². The van der Waals surface area contributed by atoms with Crippen molar-refractivity contribution in [2.75, 3.05) is 18.1 Å². The molecular formula is C12H18N2O5S. The number of nitro benzene ring substituents is 1. The predicted octanol–water partition coefficient (Wildman–Crippen LogP) is 1.57. The third-order valence-electron chi connectivity index (χ3n) is 2.71. The number of aliphatic hydroxyl groups excluding tert-OH is 1. The summed E-state index contributed by atoms with van der Waals surface area (Å²) < 4.78 is 22.8. The minimum absolute atomic E-state index is 0.0845. The van der Waals surface area contributed by atoms with E-state index in [0.29, 0.717) is 19.4 Å². The highest BCUT2D eigenvalue weighted by atomic mass is 32.2. The second kappa shape index (κ2) is 6.67. The standard InChI is InChI=1S/C12H18N2O5S/c1-9(15)4-3-7-13-11-6-5-10(20(2,18)19)8-12(11)14(16)17/h5-6,8-9,13,15H,3-4,7H2,1-2H3. The van der Waals surface area contributed by atoms with E-state index in [-0.39, 0.29) is 16.3 Å². The maximum atomic E-state index is 11.4.